The van der Waals surface area contributed by atoms with Crippen molar-refractivity contribution in [2.45, 2.75) is 13.1 Å². The second-order valence-electron chi connectivity index (χ2n) is 3.88. The fourth-order valence-electron chi connectivity index (χ4n) is 1.49. The number of aryl methyl sites for hydroxylation is 1. The Morgan fingerprint density at radius 3 is 2.60 bits per heavy atom. The number of hydrogen-bond acceptors (Lipinski definition) is 5. The Morgan fingerprint density at radius 1 is 1.40 bits per heavy atom. The number of rotatable bonds is 3. The van der Waals surface area contributed by atoms with E-state index in [1.807, 2.05) is 0 Å². The van der Waals surface area contributed by atoms with Gasteiger partial charge in [-0.05, 0) is 30.7 Å². The molecule has 20 heavy (non-hydrogen) atoms. The zero-order chi connectivity index (χ0) is 14.9. The summed E-state index contributed by atoms with van der Waals surface area (Å²) in [6.45, 7) is 1.59. The van der Waals surface area contributed by atoms with E-state index in [0.717, 1.165) is 0 Å². The van der Waals surface area contributed by atoms with Crippen molar-refractivity contribution in [2.75, 3.05) is 5.32 Å². The van der Waals surface area contributed by atoms with Crippen molar-refractivity contribution in [2.24, 2.45) is 0 Å². The Bertz CT molecular complexity index is 655. The minimum atomic E-state index is -4.58. The number of carboxylic acid groups (broad SMARTS) is 1. The monoisotopic (exact) mass is 303 g/mol. The van der Waals surface area contributed by atoms with Crippen LogP contribution in [0, 0.1) is 6.92 Å². The Morgan fingerprint density at radius 2 is 2.10 bits per heavy atom. The highest BCUT2D eigenvalue weighted by Crippen LogP contribution is 2.30. The van der Waals surface area contributed by atoms with Gasteiger partial charge in [-0.15, -0.1) is 0 Å². The maximum absolute atomic E-state index is 12.3. The Kier molecular flexibility index (Phi) is 3.62. The van der Waals surface area contributed by atoms with E-state index in [9.17, 15) is 18.0 Å². The summed E-state index contributed by atoms with van der Waals surface area (Å²) in [6, 6.07) is 4.33. The van der Waals surface area contributed by atoms with Crippen molar-refractivity contribution in [3.63, 3.8) is 0 Å². The molecule has 2 rings (SSSR count). The predicted molar refractivity (Wildman–Crippen MR) is 66.3 cm³/mol. The van der Waals surface area contributed by atoms with Gasteiger partial charge in [0.1, 0.15) is 0 Å². The van der Waals surface area contributed by atoms with Gasteiger partial charge in [-0.2, -0.15) is 22.5 Å². The maximum Gasteiger partial charge on any atom is 0.452 e. The first-order valence-electron chi connectivity index (χ1n) is 5.29. The molecule has 2 aromatic rings. The Hall–Kier alpha value is -2.16. The summed E-state index contributed by atoms with van der Waals surface area (Å²) in [7, 11) is 0. The number of carboxylic acids is 1. The van der Waals surface area contributed by atoms with Gasteiger partial charge in [0.15, 0.2) is 0 Å². The molecular weight excluding hydrogens is 295 g/mol. The third-order valence-electron chi connectivity index (χ3n) is 2.39. The average molecular weight is 303 g/mol. The molecular formula is C11H8F3N3O2S. The molecule has 1 aromatic heterocycles. The summed E-state index contributed by atoms with van der Waals surface area (Å²) in [5, 5.41) is 11.5. The van der Waals surface area contributed by atoms with Crippen molar-refractivity contribution in [3.05, 3.63) is 35.2 Å². The number of carbonyl (C=O) groups is 1. The molecule has 0 saturated heterocycles. The Labute approximate surface area is 115 Å². The van der Waals surface area contributed by atoms with Crippen molar-refractivity contribution < 1.29 is 23.1 Å². The molecule has 0 bridgehead atoms. The van der Waals surface area contributed by atoms with E-state index in [1.54, 1.807) is 6.92 Å². The van der Waals surface area contributed by atoms with Crippen LogP contribution in [0.4, 0.5) is 24.0 Å². The number of aromatic carboxylic acids is 1. The lowest BCUT2D eigenvalue weighted by Gasteiger charge is -2.05. The molecule has 2 N–H and O–H groups in total. The standard InChI is InChI=1S/C11H8F3N3O2S/c1-5-4-6(2-3-7(5)8(18)19)15-10-16-9(17-20-10)11(12,13)14/h2-4H,1H3,(H,18,19)(H,15,16,17). The normalized spacial score (nSPS) is 11.4. The van der Waals surface area contributed by atoms with Gasteiger partial charge < -0.3 is 10.4 Å². The summed E-state index contributed by atoms with van der Waals surface area (Å²) in [5.41, 5.74) is 1.06. The summed E-state index contributed by atoms with van der Waals surface area (Å²) in [4.78, 5) is 14.2. The van der Waals surface area contributed by atoms with Gasteiger partial charge in [-0.3, -0.25) is 0 Å². The number of nitrogens with one attached hydrogen (secondary N) is 1. The van der Waals surface area contributed by atoms with Crippen LogP contribution in [0.5, 0.6) is 0 Å². The molecule has 0 aliphatic rings. The zero-order valence-corrected chi connectivity index (χ0v) is 10.8. The molecule has 0 aliphatic carbocycles. The van der Waals surface area contributed by atoms with E-state index < -0.39 is 18.0 Å². The predicted octanol–water partition coefficient (Wildman–Crippen LogP) is 3.31. The highest BCUT2D eigenvalue weighted by molar-refractivity contribution is 7.09. The van der Waals surface area contributed by atoms with Crippen LogP contribution in [0.25, 0.3) is 0 Å². The molecule has 1 aromatic carbocycles. The third-order valence-corrected chi connectivity index (χ3v) is 3.02. The fourth-order valence-corrected chi connectivity index (χ4v) is 2.10. The lowest BCUT2D eigenvalue weighted by Crippen LogP contribution is -2.07. The lowest BCUT2D eigenvalue weighted by atomic mass is 10.1. The minimum Gasteiger partial charge on any atom is -0.478 e. The average Bonchev–Trinajstić information content (AvgIpc) is 2.76. The summed E-state index contributed by atoms with van der Waals surface area (Å²) in [5.74, 6) is -2.27. The summed E-state index contributed by atoms with van der Waals surface area (Å²) < 4.78 is 40.2. The smallest absolute Gasteiger partial charge is 0.452 e. The number of aromatic nitrogens is 2. The van der Waals surface area contributed by atoms with Crippen molar-refractivity contribution in [1.29, 1.82) is 0 Å². The fraction of sp³-hybridized carbons (Fsp3) is 0.182. The number of benzene rings is 1. The molecule has 0 atom stereocenters. The van der Waals surface area contributed by atoms with E-state index >= 15 is 0 Å². The van der Waals surface area contributed by atoms with Crippen LogP contribution in [0.2, 0.25) is 0 Å². The van der Waals surface area contributed by atoms with Gasteiger partial charge in [-0.25, -0.2) is 4.79 Å². The lowest BCUT2D eigenvalue weighted by molar-refractivity contribution is -0.144. The number of hydrogen-bond donors (Lipinski definition) is 2. The molecule has 0 amide bonds. The van der Waals surface area contributed by atoms with Crippen molar-refractivity contribution in [3.8, 4) is 0 Å². The van der Waals surface area contributed by atoms with Gasteiger partial charge in [0.2, 0.25) is 11.0 Å². The first-order valence-corrected chi connectivity index (χ1v) is 6.06. The third kappa shape index (κ3) is 3.05. The zero-order valence-electron chi connectivity index (χ0n) is 10.0. The molecule has 0 saturated carbocycles. The SMILES string of the molecule is Cc1cc(Nc2nc(C(F)(F)F)ns2)ccc1C(=O)O. The number of anilines is 2. The molecule has 5 nitrogen and oxygen atoms in total. The topological polar surface area (TPSA) is 75.1 Å². The Balaban J connectivity index is 2.20. The number of alkyl halides is 3. The molecule has 0 fully saturated rings. The maximum atomic E-state index is 12.3. The summed E-state index contributed by atoms with van der Waals surface area (Å²) in [6.07, 6.45) is -4.58. The van der Waals surface area contributed by atoms with Gasteiger partial charge >= 0.3 is 12.1 Å². The second kappa shape index (κ2) is 5.08. The first kappa shape index (κ1) is 14.3. The molecule has 0 unspecified atom stereocenters. The molecule has 0 spiro atoms. The van der Waals surface area contributed by atoms with E-state index in [4.69, 9.17) is 5.11 Å². The van der Waals surface area contributed by atoms with Crippen molar-refractivity contribution in [1.82, 2.24) is 9.36 Å². The number of halogens is 3. The molecule has 0 aliphatic heterocycles. The van der Waals surface area contributed by atoms with Crippen LogP contribution < -0.4 is 5.32 Å². The first-order chi connectivity index (χ1) is 9.27. The van der Waals surface area contributed by atoms with Gasteiger partial charge in [0.25, 0.3) is 0 Å². The van der Waals surface area contributed by atoms with E-state index in [-0.39, 0.29) is 10.7 Å². The van der Waals surface area contributed by atoms with E-state index in [1.165, 1.54) is 18.2 Å². The van der Waals surface area contributed by atoms with E-state index in [0.29, 0.717) is 22.8 Å². The van der Waals surface area contributed by atoms with Crippen LogP contribution >= 0.6 is 11.5 Å². The van der Waals surface area contributed by atoms with Crippen LogP contribution in [-0.2, 0) is 6.18 Å². The molecule has 9 heteroatoms. The largest absolute Gasteiger partial charge is 0.478 e. The van der Waals surface area contributed by atoms with E-state index in [2.05, 4.69) is 14.7 Å². The van der Waals surface area contributed by atoms with Gasteiger partial charge in [0.05, 0.1) is 5.56 Å². The minimum absolute atomic E-state index is 0.0141. The number of nitrogens with zero attached hydrogens (tertiary/aromatic N) is 2. The van der Waals surface area contributed by atoms with Crippen LogP contribution in [0.1, 0.15) is 21.7 Å². The van der Waals surface area contributed by atoms with Crippen LogP contribution in [-0.4, -0.2) is 20.4 Å². The van der Waals surface area contributed by atoms with Gasteiger partial charge in [0, 0.05) is 17.2 Å². The second-order valence-corrected chi connectivity index (χ2v) is 4.63. The highest BCUT2D eigenvalue weighted by atomic mass is 32.1. The summed E-state index contributed by atoms with van der Waals surface area (Å²) >= 11 is 0.579. The van der Waals surface area contributed by atoms with Crippen molar-refractivity contribution >= 4 is 28.3 Å². The molecule has 0 radical (unpaired) electrons. The highest BCUT2D eigenvalue weighted by Gasteiger charge is 2.36. The van der Waals surface area contributed by atoms with Crippen LogP contribution in [0.3, 0.4) is 0 Å². The molecule has 106 valence electrons. The van der Waals surface area contributed by atoms with Gasteiger partial charge in [-0.1, -0.05) is 0 Å². The quantitative estimate of drug-likeness (QED) is 0.910. The van der Waals surface area contributed by atoms with Crippen LogP contribution in [0.15, 0.2) is 18.2 Å². The molecule has 1 heterocycles.